The summed E-state index contributed by atoms with van der Waals surface area (Å²) in [6.45, 7) is 7.72. The molecule has 1 heteroatoms. The lowest BCUT2D eigenvalue weighted by Crippen LogP contribution is -1.93. The molecule has 1 radical (unpaired) electrons. The molecule has 1 nitrogen and oxygen atoms in total. The van der Waals surface area contributed by atoms with Crippen LogP contribution in [-0.4, -0.2) is 5.71 Å². The van der Waals surface area contributed by atoms with E-state index in [1.54, 1.807) is 0 Å². The fraction of sp³-hybridized carbons (Fsp3) is 0.714. The van der Waals surface area contributed by atoms with E-state index in [1.165, 1.54) is 0 Å². The zero-order valence-corrected chi connectivity index (χ0v) is 5.70. The summed E-state index contributed by atoms with van der Waals surface area (Å²) >= 11 is 0. The SMILES string of the molecule is [CH2]C(C)CCC(C)=N. The molecule has 0 aliphatic carbocycles. The molecule has 0 heterocycles. The lowest BCUT2D eigenvalue weighted by Gasteiger charge is -2.00. The molecule has 0 amide bonds. The highest BCUT2D eigenvalue weighted by molar-refractivity contribution is 5.78. The Morgan fingerprint density at radius 1 is 1.75 bits per heavy atom. The lowest BCUT2D eigenvalue weighted by molar-refractivity contribution is 0.664. The van der Waals surface area contributed by atoms with Gasteiger partial charge in [0.2, 0.25) is 0 Å². The molecule has 0 aromatic heterocycles. The van der Waals surface area contributed by atoms with E-state index in [9.17, 15) is 0 Å². The van der Waals surface area contributed by atoms with Crippen LogP contribution in [0.4, 0.5) is 0 Å². The third kappa shape index (κ3) is 5.67. The standard InChI is InChI=1S/C7H14N/c1-6(2)4-5-7(3)8/h6,8H,1,4-5H2,2-3H3. The summed E-state index contributed by atoms with van der Waals surface area (Å²) in [5.74, 6) is 0.496. The fourth-order valence-corrected chi connectivity index (χ4v) is 0.463. The Morgan fingerprint density at radius 3 is 2.38 bits per heavy atom. The summed E-state index contributed by atoms with van der Waals surface area (Å²) < 4.78 is 0. The van der Waals surface area contributed by atoms with Crippen molar-refractivity contribution in [3.8, 4) is 0 Å². The predicted molar refractivity (Wildman–Crippen MR) is 37.2 cm³/mol. The topological polar surface area (TPSA) is 23.9 Å². The third-order valence-electron chi connectivity index (χ3n) is 1.01. The average molecular weight is 112 g/mol. The first-order valence-electron chi connectivity index (χ1n) is 3.00. The Bertz CT molecular complexity index is 74.5. The summed E-state index contributed by atoms with van der Waals surface area (Å²) in [6, 6.07) is 0. The van der Waals surface area contributed by atoms with Crippen molar-refractivity contribution >= 4 is 5.71 Å². The first kappa shape index (κ1) is 7.67. The molecular weight excluding hydrogens is 98.1 g/mol. The average Bonchev–Trinajstić information content (AvgIpc) is 1.61. The molecular formula is C7H14N. The van der Waals surface area contributed by atoms with Crippen LogP contribution in [0, 0.1) is 18.3 Å². The van der Waals surface area contributed by atoms with Gasteiger partial charge in [0.05, 0.1) is 0 Å². The van der Waals surface area contributed by atoms with Crippen LogP contribution < -0.4 is 0 Å². The minimum absolute atomic E-state index is 0.496. The highest BCUT2D eigenvalue weighted by Gasteiger charge is 1.93. The monoisotopic (exact) mass is 112 g/mol. The molecule has 0 bridgehead atoms. The second kappa shape index (κ2) is 3.65. The van der Waals surface area contributed by atoms with Crippen molar-refractivity contribution in [2.24, 2.45) is 5.92 Å². The molecule has 1 atom stereocenters. The minimum atomic E-state index is 0.496. The molecule has 1 N–H and O–H groups in total. The van der Waals surface area contributed by atoms with Gasteiger partial charge in [-0.15, -0.1) is 0 Å². The van der Waals surface area contributed by atoms with Gasteiger partial charge >= 0.3 is 0 Å². The van der Waals surface area contributed by atoms with E-state index in [0.29, 0.717) is 5.92 Å². The van der Waals surface area contributed by atoms with Crippen molar-refractivity contribution < 1.29 is 0 Å². The van der Waals surface area contributed by atoms with Crippen molar-refractivity contribution in [3.05, 3.63) is 6.92 Å². The van der Waals surface area contributed by atoms with Crippen LogP contribution in [0.2, 0.25) is 0 Å². The second-order valence-electron chi connectivity index (χ2n) is 2.42. The Hall–Kier alpha value is -0.330. The maximum Gasteiger partial charge on any atom is 0.00583 e. The van der Waals surface area contributed by atoms with Gasteiger partial charge in [-0.25, -0.2) is 0 Å². The quantitative estimate of drug-likeness (QED) is 0.541. The molecule has 0 aliphatic heterocycles. The largest absolute Gasteiger partial charge is 0.310 e. The lowest BCUT2D eigenvalue weighted by atomic mass is 10.1. The van der Waals surface area contributed by atoms with E-state index in [2.05, 4.69) is 13.8 Å². The first-order chi connectivity index (χ1) is 3.63. The van der Waals surface area contributed by atoms with E-state index in [0.717, 1.165) is 18.6 Å². The Kier molecular flexibility index (Phi) is 3.49. The van der Waals surface area contributed by atoms with Crippen molar-refractivity contribution in [1.82, 2.24) is 0 Å². The highest BCUT2D eigenvalue weighted by atomic mass is 14.4. The van der Waals surface area contributed by atoms with Crippen LogP contribution >= 0.6 is 0 Å². The molecule has 8 heavy (non-hydrogen) atoms. The maximum absolute atomic E-state index is 7.06. The van der Waals surface area contributed by atoms with E-state index in [4.69, 9.17) is 5.41 Å². The Balaban J connectivity index is 3.05. The van der Waals surface area contributed by atoms with E-state index in [-0.39, 0.29) is 0 Å². The summed E-state index contributed by atoms with van der Waals surface area (Å²) in [5, 5.41) is 7.06. The van der Waals surface area contributed by atoms with Crippen LogP contribution in [0.3, 0.4) is 0 Å². The Morgan fingerprint density at radius 2 is 2.25 bits per heavy atom. The van der Waals surface area contributed by atoms with E-state index in [1.807, 2.05) is 6.92 Å². The summed E-state index contributed by atoms with van der Waals surface area (Å²) in [6.07, 6.45) is 1.96. The van der Waals surface area contributed by atoms with Gasteiger partial charge in [0.1, 0.15) is 0 Å². The molecule has 0 saturated carbocycles. The van der Waals surface area contributed by atoms with Crippen LogP contribution in [0.15, 0.2) is 0 Å². The highest BCUT2D eigenvalue weighted by Crippen LogP contribution is 2.02. The van der Waals surface area contributed by atoms with Gasteiger partial charge in [-0.05, 0) is 25.7 Å². The predicted octanol–water partition coefficient (Wildman–Crippen LogP) is 2.28. The molecule has 0 saturated heterocycles. The van der Waals surface area contributed by atoms with Gasteiger partial charge in [-0.2, -0.15) is 0 Å². The van der Waals surface area contributed by atoms with Crippen molar-refractivity contribution in [3.63, 3.8) is 0 Å². The smallest absolute Gasteiger partial charge is 0.00583 e. The van der Waals surface area contributed by atoms with Gasteiger partial charge < -0.3 is 5.41 Å². The minimum Gasteiger partial charge on any atom is -0.310 e. The molecule has 0 aromatic carbocycles. The van der Waals surface area contributed by atoms with Gasteiger partial charge in [-0.3, -0.25) is 0 Å². The first-order valence-corrected chi connectivity index (χ1v) is 3.00. The maximum atomic E-state index is 7.06. The second-order valence-corrected chi connectivity index (χ2v) is 2.42. The third-order valence-corrected chi connectivity index (χ3v) is 1.01. The summed E-state index contributed by atoms with van der Waals surface area (Å²) in [5.41, 5.74) is 0.764. The van der Waals surface area contributed by atoms with Gasteiger partial charge in [0.25, 0.3) is 0 Å². The molecule has 1 unspecified atom stereocenters. The molecule has 47 valence electrons. The van der Waals surface area contributed by atoms with Crippen LogP contribution in [0.5, 0.6) is 0 Å². The Labute approximate surface area is 51.6 Å². The number of hydrogen-bond donors (Lipinski definition) is 1. The molecule has 0 rings (SSSR count). The van der Waals surface area contributed by atoms with Gasteiger partial charge in [-0.1, -0.05) is 13.8 Å². The molecule has 0 fully saturated rings. The van der Waals surface area contributed by atoms with Crippen LogP contribution in [0.25, 0.3) is 0 Å². The summed E-state index contributed by atoms with van der Waals surface area (Å²) in [7, 11) is 0. The van der Waals surface area contributed by atoms with E-state index >= 15 is 0 Å². The molecule has 0 aliphatic rings. The number of rotatable bonds is 3. The van der Waals surface area contributed by atoms with E-state index < -0.39 is 0 Å². The zero-order chi connectivity index (χ0) is 6.57. The van der Waals surface area contributed by atoms with Crippen molar-refractivity contribution in [2.75, 3.05) is 0 Å². The number of nitrogens with one attached hydrogen (secondary N) is 1. The number of hydrogen-bond acceptors (Lipinski definition) is 1. The van der Waals surface area contributed by atoms with Crippen molar-refractivity contribution in [1.29, 1.82) is 5.41 Å². The van der Waals surface area contributed by atoms with Gasteiger partial charge in [0, 0.05) is 5.71 Å². The normalized spacial score (nSPS) is 10.0. The fourth-order valence-electron chi connectivity index (χ4n) is 0.463. The van der Waals surface area contributed by atoms with Crippen LogP contribution in [-0.2, 0) is 0 Å². The molecule has 0 spiro atoms. The molecule has 0 aromatic rings. The van der Waals surface area contributed by atoms with Crippen molar-refractivity contribution in [2.45, 2.75) is 26.7 Å². The zero-order valence-electron chi connectivity index (χ0n) is 5.70. The van der Waals surface area contributed by atoms with Gasteiger partial charge in [0.15, 0.2) is 0 Å². The summed E-state index contributed by atoms with van der Waals surface area (Å²) in [4.78, 5) is 0. The van der Waals surface area contributed by atoms with Crippen LogP contribution in [0.1, 0.15) is 26.7 Å².